The van der Waals surface area contributed by atoms with Crippen molar-refractivity contribution < 1.29 is 9.47 Å². The molecule has 1 aromatic carbocycles. The molecule has 0 radical (unpaired) electrons. The molecule has 0 spiro atoms. The van der Waals surface area contributed by atoms with Gasteiger partial charge < -0.3 is 20.1 Å². The van der Waals surface area contributed by atoms with Crippen LogP contribution in [0.1, 0.15) is 39.3 Å². The van der Waals surface area contributed by atoms with Crippen molar-refractivity contribution in [2.45, 2.75) is 39.8 Å². The lowest BCUT2D eigenvalue weighted by atomic mass is 9.87. The molecule has 0 amide bonds. The Labute approximate surface area is 129 Å². The summed E-state index contributed by atoms with van der Waals surface area (Å²) in [6.07, 6.45) is 0. The van der Waals surface area contributed by atoms with Gasteiger partial charge in [-0.05, 0) is 25.5 Å². The minimum Gasteiger partial charge on any atom is -0.497 e. The summed E-state index contributed by atoms with van der Waals surface area (Å²) in [6.45, 7) is 9.74. The van der Waals surface area contributed by atoms with Crippen molar-refractivity contribution in [2.75, 3.05) is 27.8 Å². The van der Waals surface area contributed by atoms with E-state index in [-0.39, 0.29) is 11.5 Å². The highest BCUT2D eigenvalue weighted by Crippen LogP contribution is 2.30. The molecule has 0 aliphatic rings. The Bertz CT molecular complexity index is 455. The summed E-state index contributed by atoms with van der Waals surface area (Å²) in [5, 5.41) is 0. The van der Waals surface area contributed by atoms with E-state index in [9.17, 15) is 0 Å². The first-order chi connectivity index (χ1) is 9.70. The van der Waals surface area contributed by atoms with Gasteiger partial charge in [0.15, 0.2) is 0 Å². The number of hydrogen-bond donors (Lipinski definition) is 1. The van der Waals surface area contributed by atoms with Crippen LogP contribution in [-0.4, -0.2) is 38.8 Å². The van der Waals surface area contributed by atoms with Gasteiger partial charge in [-0.1, -0.05) is 26.8 Å². The van der Waals surface area contributed by atoms with E-state index in [0.29, 0.717) is 6.04 Å². The van der Waals surface area contributed by atoms with Gasteiger partial charge in [-0.25, -0.2) is 0 Å². The van der Waals surface area contributed by atoms with Crippen LogP contribution in [0.15, 0.2) is 18.2 Å². The molecule has 2 N–H and O–H groups in total. The molecule has 2 atom stereocenters. The maximum Gasteiger partial charge on any atom is 0.127 e. The van der Waals surface area contributed by atoms with Crippen molar-refractivity contribution >= 4 is 0 Å². The van der Waals surface area contributed by atoms with Crippen LogP contribution in [0.2, 0.25) is 0 Å². The third-order valence-corrected chi connectivity index (χ3v) is 4.24. The van der Waals surface area contributed by atoms with Gasteiger partial charge in [0, 0.05) is 30.3 Å². The number of likely N-dealkylation sites (N-methyl/N-ethyl adjacent to an activating group) is 1. The second-order valence-corrected chi connectivity index (χ2v) is 6.70. The Morgan fingerprint density at radius 1 is 1.19 bits per heavy atom. The zero-order valence-electron chi connectivity index (χ0n) is 14.4. The standard InChI is InChI=1S/C17H30N2O2/c1-12(17(2,3)4)19(5)11-15(18)14-9-8-13(20-6)10-16(14)21-7/h8-10,12,15H,11,18H2,1-7H3. The monoisotopic (exact) mass is 294 g/mol. The maximum atomic E-state index is 6.38. The molecule has 4 heteroatoms. The molecule has 120 valence electrons. The van der Waals surface area contributed by atoms with Crippen molar-refractivity contribution in [3.05, 3.63) is 23.8 Å². The Balaban J connectivity index is 2.86. The highest BCUT2D eigenvalue weighted by atomic mass is 16.5. The minimum atomic E-state index is -0.0966. The van der Waals surface area contributed by atoms with E-state index in [1.54, 1.807) is 14.2 Å². The zero-order chi connectivity index (χ0) is 16.2. The molecular formula is C17H30N2O2. The Morgan fingerprint density at radius 2 is 1.81 bits per heavy atom. The predicted molar refractivity (Wildman–Crippen MR) is 88.0 cm³/mol. The van der Waals surface area contributed by atoms with Crippen LogP contribution in [-0.2, 0) is 0 Å². The average molecular weight is 294 g/mol. The minimum absolute atomic E-state index is 0.0966. The second-order valence-electron chi connectivity index (χ2n) is 6.70. The second kappa shape index (κ2) is 7.14. The zero-order valence-corrected chi connectivity index (χ0v) is 14.4. The lowest BCUT2D eigenvalue weighted by molar-refractivity contribution is 0.134. The number of ether oxygens (including phenoxy) is 2. The predicted octanol–water partition coefficient (Wildman–Crippen LogP) is 3.07. The van der Waals surface area contributed by atoms with Crippen LogP contribution < -0.4 is 15.2 Å². The molecule has 2 unspecified atom stereocenters. The van der Waals surface area contributed by atoms with E-state index < -0.39 is 0 Å². The van der Waals surface area contributed by atoms with Crippen LogP contribution in [0.4, 0.5) is 0 Å². The summed E-state index contributed by atoms with van der Waals surface area (Å²) in [7, 11) is 5.42. The van der Waals surface area contributed by atoms with Crippen LogP contribution in [0.25, 0.3) is 0 Å². The number of benzene rings is 1. The fraction of sp³-hybridized carbons (Fsp3) is 0.647. The van der Waals surface area contributed by atoms with E-state index in [1.165, 1.54) is 0 Å². The van der Waals surface area contributed by atoms with Crippen LogP contribution >= 0.6 is 0 Å². The van der Waals surface area contributed by atoms with Crippen LogP contribution in [0, 0.1) is 5.41 Å². The van der Waals surface area contributed by atoms with Gasteiger partial charge in [0.1, 0.15) is 11.5 Å². The summed E-state index contributed by atoms with van der Waals surface area (Å²) >= 11 is 0. The van der Waals surface area contributed by atoms with E-state index >= 15 is 0 Å². The molecule has 0 fully saturated rings. The quantitative estimate of drug-likeness (QED) is 0.876. The van der Waals surface area contributed by atoms with Gasteiger partial charge in [-0.3, -0.25) is 0 Å². The summed E-state index contributed by atoms with van der Waals surface area (Å²) in [4.78, 5) is 2.30. The number of rotatable bonds is 6. The molecule has 1 rings (SSSR count). The molecule has 4 nitrogen and oxygen atoms in total. The van der Waals surface area contributed by atoms with Crippen molar-refractivity contribution in [3.8, 4) is 11.5 Å². The number of nitrogens with zero attached hydrogens (tertiary/aromatic N) is 1. The highest BCUT2D eigenvalue weighted by Gasteiger charge is 2.25. The topological polar surface area (TPSA) is 47.7 Å². The van der Waals surface area contributed by atoms with Crippen LogP contribution in [0.5, 0.6) is 11.5 Å². The fourth-order valence-corrected chi connectivity index (χ4v) is 2.35. The lowest BCUT2D eigenvalue weighted by Crippen LogP contribution is -2.42. The Kier molecular flexibility index (Phi) is 6.05. The first-order valence-corrected chi connectivity index (χ1v) is 7.38. The molecule has 1 aromatic rings. The Morgan fingerprint density at radius 3 is 2.29 bits per heavy atom. The molecule has 0 bridgehead atoms. The third kappa shape index (κ3) is 4.61. The molecule has 0 aromatic heterocycles. The maximum absolute atomic E-state index is 6.38. The summed E-state index contributed by atoms with van der Waals surface area (Å²) < 4.78 is 10.7. The largest absolute Gasteiger partial charge is 0.497 e. The first kappa shape index (κ1) is 17.8. The Hall–Kier alpha value is -1.26. The molecule has 0 heterocycles. The van der Waals surface area contributed by atoms with Crippen molar-refractivity contribution in [1.82, 2.24) is 4.90 Å². The number of hydrogen-bond acceptors (Lipinski definition) is 4. The van der Waals surface area contributed by atoms with Gasteiger partial charge in [-0.15, -0.1) is 0 Å². The van der Waals surface area contributed by atoms with E-state index in [1.807, 2.05) is 18.2 Å². The summed E-state index contributed by atoms with van der Waals surface area (Å²) in [5.74, 6) is 1.55. The van der Waals surface area contributed by atoms with Gasteiger partial charge in [0.05, 0.1) is 14.2 Å². The fourth-order valence-electron chi connectivity index (χ4n) is 2.35. The SMILES string of the molecule is COc1ccc(C(N)CN(C)C(C)C(C)(C)C)c(OC)c1. The number of methoxy groups -OCH3 is 2. The first-order valence-electron chi connectivity index (χ1n) is 7.38. The molecule has 0 aliphatic heterocycles. The highest BCUT2D eigenvalue weighted by molar-refractivity contribution is 5.42. The van der Waals surface area contributed by atoms with E-state index in [2.05, 4.69) is 39.6 Å². The summed E-state index contributed by atoms with van der Waals surface area (Å²) in [5.41, 5.74) is 7.61. The van der Waals surface area contributed by atoms with Crippen molar-refractivity contribution in [1.29, 1.82) is 0 Å². The molecule has 0 aliphatic carbocycles. The van der Waals surface area contributed by atoms with E-state index in [4.69, 9.17) is 15.2 Å². The van der Waals surface area contributed by atoms with Gasteiger partial charge in [0.2, 0.25) is 0 Å². The van der Waals surface area contributed by atoms with Crippen LogP contribution in [0.3, 0.4) is 0 Å². The summed E-state index contributed by atoms with van der Waals surface area (Å²) in [6, 6.07) is 6.12. The van der Waals surface area contributed by atoms with Gasteiger partial charge in [0.25, 0.3) is 0 Å². The van der Waals surface area contributed by atoms with Crippen molar-refractivity contribution in [3.63, 3.8) is 0 Å². The number of nitrogens with two attached hydrogens (primary N) is 1. The van der Waals surface area contributed by atoms with Gasteiger partial charge >= 0.3 is 0 Å². The normalized spacial score (nSPS) is 14.9. The third-order valence-electron chi connectivity index (χ3n) is 4.24. The molecule has 21 heavy (non-hydrogen) atoms. The molecule has 0 saturated heterocycles. The van der Waals surface area contributed by atoms with Gasteiger partial charge in [-0.2, -0.15) is 0 Å². The molecule has 0 saturated carbocycles. The smallest absolute Gasteiger partial charge is 0.127 e. The lowest BCUT2D eigenvalue weighted by Gasteiger charge is -2.36. The van der Waals surface area contributed by atoms with Crippen molar-refractivity contribution in [2.24, 2.45) is 11.1 Å². The average Bonchev–Trinajstić information content (AvgIpc) is 2.44. The van der Waals surface area contributed by atoms with E-state index in [0.717, 1.165) is 23.6 Å². The molecular weight excluding hydrogens is 264 g/mol.